The molecule has 0 radical (unpaired) electrons. The monoisotopic (exact) mass is 194 g/mol. The van der Waals surface area contributed by atoms with Crippen LogP contribution >= 0.6 is 0 Å². The van der Waals surface area contributed by atoms with E-state index in [0.29, 0.717) is 0 Å². The number of hydrogen-bond donors (Lipinski definition) is 0. The number of benzene rings is 1. The molecule has 3 rings (SSSR count). The Morgan fingerprint density at radius 1 is 0.933 bits per heavy atom. The molecule has 0 atom stereocenters. The average Bonchev–Trinajstić information content (AvgIpc) is 2.48. The summed E-state index contributed by atoms with van der Waals surface area (Å²) in [7, 11) is 0. The molecule has 15 heavy (non-hydrogen) atoms. The Bertz CT molecular complexity index is 556. The third-order valence-corrected chi connectivity index (χ3v) is 3.16. The first-order valence-corrected chi connectivity index (χ1v) is 5.62. The first-order valence-electron chi connectivity index (χ1n) is 5.62. The van der Waals surface area contributed by atoms with E-state index in [2.05, 4.69) is 48.6 Å². The van der Waals surface area contributed by atoms with Crippen molar-refractivity contribution in [2.75, 3.05) is 0 Å². The Morgan fingerprint density at radius 2 is 1.80 bits per heavy atom. The summed E-state index contributed by atoms with van der Waals surface area (Å²) in [4.78, 5) is 0. The minimum atomic E-state index is 1.23. The fraction of sp³-hybridized carbons (Fsp3) is 0.200. The first kappa shape index (κ1) is 8.72. The molecule has 0 bridgehead atoms. The molecule has 0 saturated carbocycles. The fourth-order valence-electron chi connectivity index (χ4n) is 2.31. The molecule has 0 nitrogen and oxygen atoms in total. The Balaban J connectivity index is 2.29. The molecule has 0 saturated heterocycles. The topological polar surface area (TPSA) is 0 Å². The van der Waals surface area contributed by atoms with Crippen LogP contribution in [0.1, 0.15) is 19.3 Å². The molecule has 0 aromatic heterocycles. The second-order valence-electron chi connectivity index (χ2n) is 4.18. The minimum absolute atomic E-state index is 1.23. The van der Waals surface area contributed by atoms with Crippen molar-refractivity contribution in [3.05, 3.63) is 58.0 Å². The summed E-state index contributed by atoms with van der Waals surface area (Å²) in [6.45, 7) is 0. The van der Waals surface area contributed by atoms with E-state index < -0.39 is 0 Å². The summed E-state index contributed by atoms with van der Waals surface area (Å²) in [5.41, 5.74) is 2.93. The second-order valence-corrected chi connectivity index (χ2v) is 4.18. The molecule has 0 aliphatic heterocycles. The lowest BCUT2D eigenvalue weighted by Gasteiger charge is -2.12. The Morgan fingerprint density at radius 3 is 2.73 bits per heavy atom. The molecule has 74 valence electrons. The molecule has 0 unspecified atom stereocenters. The molecule has 0 spiro atoms. The van der Waals surface area contributed by atoms with Gasteiger partial charge in [0.15, 0.2) is 0 Å². The van der Waals surface area contributed by atoms with Gasteiger partial charge in [0, 0.05) is 0 Å². The van der Waals surface area contributed by atoms with Gasteiger partial charge in [0.2, 0.25) is 0 Å². The van der Waals surface area contributed by atoms with Crippen molar-refractivity contribution >= 4 is 12.2 Å². The van der Waals surface area contributed by atoms with Crippen molar-refractivity contribution in [1.29, 1.82) is 0 Å². The quantitative estimate of drug-likeness (QED) is 0.594. The molecule has 0 amide bonds. The van der Waals surface area contributed by atoms with E-state index in [9.17, 15) is 0 Å². The van der Waals surface area contributed by atoms with Crippen molar-refractivity contribution in [2.24, 2.45) is 0 Å². The van der Waals surface area contributed by atoms with Gasteiger partial charge < -0.3 is 0 Å². The molecule has 2 aliphatic carbocycles. The van der Waals surface area contributed by atoms with Crippen LogP contribution in [0.2, 0.25) is 0 Å². The molecule has 2 aliphatic rings. The predicted octanol–water partition coefficient (Wildman–Crippen LogP) is 2.30. The standard InChI is InChI=1S/C15H14/c1-3-7-14-11-15-8-4-2-6-13(15)10-9-12(14)5-1/h1,3,5,7-11H,2,4,6H2. The number of fused-ring (bicyclic) bond motifs is 2. The number of rotatable bonds is 0. The highest BCUT2D eigenvalue weighted by Gasteiger charge is 2.08. The van der Waals surface area contributed by atoms with E-state index in [1.165, 1.54) is 40.8 Å². The summed E-state index contributed by atoms with van der Waals surface area (Å²) < 4.78 is 0. The fourth-order valence-corrected chi connectivity index (χ4v) is 2.31. The van der Waals surface area contributed by atoms with Crippen molar-refractivity contribution in [1.82, 2.24) is 0 Å². The number of hydrogen-bond acceptors (Lipinski definition) is 0. The third-order valence-electron chi connectivity index (χ3n) is 3.16. The predicted molar refractivity (Wildman–Crippen MR) is 64.6 cm³/mol. The highest BCUT2D eigenvalue weighted by atomic mass is 14.1. The molecule has 1 aromatic carbocycles. The van der Waals surface area contributed by atoms with E-state index in [-0.39, 0.29) is 0 Å². The molecule has 0 heteroatoms. The number of allylic oxidation sites excluding steroid dienone is 4. The highest BCUT2D eigenvalue weighted by Crippen LogP contribution is 2.25. The normalized spacial score (nSPS) is 18.4. The van der Waals surface area contributed by atoms with Gasteiger partial charge >= 0.3 is 0 Å². The zero-order chi connectivity index (χ0) is 10.1. The van der Waals surface area contributed by atoms with Crippen LogP contribution < -0.4 is 10.4 Å². The van der Waals surface area contributed by atoms with Crippen LogP contribution in [-0.4, -0.2) is 0 Å². The van der Waals surface area contributed by atoms with Gasteiger partial charge in [-0.2, -0.15) is 0 Å². The largest absolute Gasteiger partial charge is 0.0770 e. The van der Waals surface area contributed by atoms with Gasteiger partial charge in [0.25, 0.3) is 0 Å². The maximum absolute atomic E-state index is 2.37. The lowest BCUT2D eigenvalue weighted by atomic mass is 9.93. The Labute approximate surface area is 89.9 Å². The van der Waals surface area contributed by atoms with E-state index in [1.54, 1.807) is 0 Å². The lowest BCUT2D eigenvalue weighted by molar-refractivity contribution is 0.813. The van der Waals surface area contributed by atoms with Crippen LogP contribution in [0.5, 0.6) is 0 Å². The van der Waals surface area contributed by atoms with E-state index in [4.69, 9.17) is 0 Å². The summed E-state index contributed by atoms with van der Waals surface area (Å²) >= 11 is 0. The lowest BCUT2D eigenvalue weighted by Crippen LogP contribution is -2.22. The zero-order valence-corrected chi connectivity index (χ0v) is 8.74. The minimum Gasteiger partial charge on any atom is -0.0770 e. The summed E-state index contributed by atoms with van der Waals surface area (Å²) in [5.74, 6) is 0. The van der Waals surface area contributed by atoms with Gasteiger partial charge in [-0.3, -0.25) is 0 Å². The molecule has 0 N–H and O–H groups in total. The maximum Gasteiger partial charge on any atom is -0.0178 e. The van der Waals surface area contributed by atoms with E-state index in [0.717, 1.165) is 0 Å². The molecular formula is C15H14. The van der Waals surface area contributed by atoms with Crippen LogP contribution in [0.3, 0.4) is 0 Å². The third kappa shape index (κ3) is 1.56. The molecule has 0 heterocycles. The van der Waals surface area contributed by atoms with Crippen LogP contribution in [0, 0.1) is 0 Å². The maximum atomic E-state index is 2.37. The van der Waals surface area contributed by atoms with Crippen molar-refractivity contribution < 1.29 is 0 Å². The van der Waals surface area contributed by atoms with Gasteiger partial charge in [0.05, 0.1) is 0 Å². The van der Waals surface area contributed by atoms with Crippen molar-refractivity contribution in [3.8, 4) is 0 Å². The van der Waals surface area contributed by atoms with Crippen LogP contribution in [0.25, 0.3) is 12.2 Å². The molecule has 1 aromatic rings. The summed E-state index contributed by atoms with van der Waals surface area (Å²) in [6.07, 6.45) is 13.0. The van der Waals surface area contributed by atoms with Gasteiger partial charge in [0.1, 0.15) is 0 Å². The summed E-state index contributed by atoms with van der Waals surface area (Å²) in [5, 5.41) is 2.68. The van der Waals surface area contributed by atoms with Crippen LogP contribution in [0.4, 0.5) is 0 Å². The summed E-state index contributed by atoms with van der Waals surface area (Å²) in [6, 6.07) is 8.58. The zero-order valence-electron chi connectivity index (χ0n) is 8.74. The van der Waals surface area contributed by atoms with Crippen LogP contribution in [-0.2, 0) is 0 Å². The van der Waals surface area contributed by atoms with E-state index >= 15 is 0 Å². The second kappa shape index (κ2) is 3.54. The molecule has 0 fully saturated rings. The van der Waals surface area contributed by atoms with Crippen molar-refractivity contribution in [2.45, 2.75) is 19.3 Å². The van der Waals surface area contributed by atoms with Gasteiger partial charge in [-0.25, -0.2) is 0 Å². The molecular weight excluding hydrogens is 180 g/mol. The van der Waals surface area contributed by atoms with E-state index in [1.807, 2.05) is 0 Å². The Hall–Kier alpha value is -1.56. The van der Waals surface area contributed by atoms with Gasteiger partial charge in [-0.05, 0) is 46.9 Å². The highest BCUT2D eigenvalue weighted by molar-refractivity contribution is 5.64. The van der Waals surface area contributed by atoms with Crippen LogP contribution in [0.15, 0.2) is 47.6 Å². The van der Waals surface area contributed by atoms with Crippen molar-refractivity contribution in [3.63, 3.8) is 0 Å². The first-order chi connectivity index (χ1) is 7.43. The van der Waals surface area contributed by atoms with Gasteiger partial charge in [-0.1, -0.05) is 42.5 Å². The average molecular weight is 194 g/mol. The van der Waals surface area contributed by atoms with Gasteiger partial charge in [-0.15, -0.1) is 0 Å². The SMILES string of the molecule is C1=C2C=c3ccccc3=CC=C2CCC1. The smallest absolute Gasteiger partial charge is 0.0178 e. The Kier molecular flexibility index (Phi) is 2.06.